The molecule has 0 heterocycles. The smallest absolute Gasteiger partial charge is 0.0995 e. The van der Waals surface area contributed by atoms with Crippen molar-refractivity contribution < 1.29 is 0 Å². The van der Waals surface area contributed by atoms with E-state index in [4.69, 9.17) is 5.26 Å². The molecule has 2 aromatic rings. The summed E-state index contributed by atoms with van der Waals surface area (Å²) in [6, 6.07) is 15.9. The number of rotatable bonds is 3. The minimum atomic E-state index is 0.654. The van der Waals surface area contributed by atoms with Crippen LogP contribution in [0.2, 0.25) is 0 Å². The Morgan fingerprint density at radius 3 is 2.72 bits per heavy atom. The van der Waals surface area contributed by atoms with E-state index in [9.17, 15) is 0 Å². The van der Waals surface area contributed by atoms with Gasteiger partial charge in [-0.2, -0.15) is 5.26 Å². The number of anilines is 1. The fourth-order valence-electron chi connectivity index (χ4n) is 1.77. The van der Waals surface area contributed by atoms with Gasteiger partial charge >= 0.3 is 0 Å². The number of nitrogens with zero attached hydrogens (tertiary/aromatic N) is 1. The van der Waals surface area contributed by atoms with Gasteiger partial charge in [0.05, 0.1) is 11.6 Å². The molecule has 0 fully saturated rings. The van der Waals surface area contributed by atoms with E-state index in [2.05, 4.69) is 34.2 Å². The van der Waals surface area contributed by atoms with Crippen molar-refractivity contribution in [1.29, 1.82) is 5.26 Å². The molecule has 2 aromatic carbocycles. The van der Waals surface area contributed by atoms with Crippen LogP contribution >= 0.6 is 15.9 Å². The van der Waals surface area contributed by atoms with Crippen LogP contribution in [0.3, 0.4) is 0 Å². The van der Waals surface area contributed by atoms with E-state index in [-0.39, 0.29) is 0 Å². The Balaban J connectivity index is 2.17. The Bertz CT molecular complexity index is 600. The number of halogens is 1. The molecular weight excluding hydrogens is 288 g/mol. The lowest BCUT2D eigenvalue weighted by molar-refractivity contribution is 1.13. The standard InChI is InChI=1S/C15H13BrN2/c1-11-14(16)7-4-8-15(11)18-10-13-6-3-2-5-12(13)9-17/h2-8,18H,10H2,1H3. The molecule has 0 unspecified atom stereocenters. The zero-order valence-electron chi connectivity index (χ0n) is 10.1. The second kappa shape index (κ2) is 5.70. The highest BCUT2D eigenvalue weighted by Gasteiger charge is 2.03. The van der Waals surface area contributed by atoms with Gasteiger partial charge in [0.1, 0.15) is 0 Å². The first kappa shape index (κ1) is 12.7. The molecule has 0 saturated heterocycles. The van der Waals surface area contributed by atoms with Gasteiger partial charge in [-0.05, 0) is 36.2 Å². The van der Waals surface area contributed by atoms with Crippen molar-refractivity contribution in [1.82, 2.24) is 0 Å². The lowest BCUT2D eigenvalue weighted by atomic mass is 10.1. The summed E-state index contributed by atoms with van der Waals surface area (Å²) in [5, 5.41) is 12.4. The van der Waals surface area contributed by atoms with Crippen LogP contribution in [0.1, 0.15) is 16.7 Å². The molecule has 0 aliphatic heterocycles. The van der Waals surface area contributed by atoms with Crippen molar-refractivity contribution in [2.45, 2.75) is 13.5 Å². The van der Waals surface area contributed by atoms with E-state index >= 15 is 0 Å². The van der Waals surface area contributed by atoms with Gasteiger partial charge in [0.25, 0.3) is 0 Å². The van der Waals surface area contributed by atoms with Gasteiger partial charge in [0.2, 0.25) is 0 Å². The van der Waals surface area contributed by atoms with Gasteiger partial charge in [-0.25, -0.2) is 0 Å². The minimum absolute atomic E-state index is 0.654. The lowest BCUT2D eigenvalue weighted by Gasteiger charge is -2.11. The minimum Gasteiger partial charge on any atom is -0.381 e. The van der Waals surface area contributed by atoms with Gasteiger partial charge in [0, 0.05) is 16.7 Å². The van der Waals surface area contributed by atoms with Gasteiger partial charge in [0.15, 0.2) is 0 Å². The molecule has 90 valence electrons. The Kier molecular flexibility index (Phi) is 4.01. The van der Waals surface area contributed by atoms with Crippen LogP contribution in [0.25, 0.3) is 0 Å². The molecule has 0 aromatic heterocycles. The second-order valence-corrected chi connectivity index (χ2v) is 4.89. The molecule has 18 heavy (non-hydrogen) atoms. The predicted octanol–water partition coefficient (Wildman–Crippen LogP) is 4.24. The van der Waals surface area contributed by atoms with Crippen LogP contribution in [0.15, 0.2) is 46.9 Å². The number of benzene rings is 2. The SMILES string of the molecule is Cc1c(Br)cccc1NCc1ccccc1C#N. The van der Waals surface area contributed by atoms with Gasteiger partial charge in [-0.1, -0.05) is 40.2 Å². The highest BCUT2D eigenvalue weighted by molar-refractivity contribution is 9.10. The summed E-state index contributed by atoms with van der Waals surface area (Å²) >= 11 is 3.51. The molecular formula is C15H13BrN2. The molecule has 2 rings (SSSR count). The Morgan fingerprint density at radius 1 is 1.17 bits per heavy atom. The summed E-state index contributed by atoms with van der Waals surface area (Å²) in [5.41, 5.74) is 3.99. The summed E-state index contributed by atoms with van der Waals surface area (Å²) in [7, 11) is 0. The van der Waals surface area contributed by atoms with E-state index in [0.29, 0.717) is 6.54 Å². The maximum absolute atomic E-state index is 9.03. The highest BCUT2D eigenvalue weighted by Crippen LogP contribution is 2.24. The Labute approximate surface area is 115 Å². The second-order valence-electron chi connectivity index (χ2n) is 4.03. The zero-order chi connectivity index (χ0) is 13.0. The molecule has 0 amide bonds. The normalized spacial score (nSPS) is 9.83. The molecule has 0 spiro atoms. The van der Waals surface area contributed by atoms with Crippen molar-refractivity contribution in [3.05, 3.63) is 63.6 Å². The third-order valence-electron chi connectivity index (χ3n) is 2.87. The molecule has 0 atom stereocenters. The van der Waals surface area contributed by atoms with Gasteiger partial charge < -0.3 is 5.32 Å². The largest absolute Gasteiger partial charge is 0.381 e. The molecule has 0 bridgehead atoms. The van der Waals surface area contributed by atoms with Crippen LogP contribution in [0.5, 0.6) is 0 Å². The molecule has 1 N–H and O–H groups in total. The van der Waals surface area contributed by atoms with E-state index in [1.54, 1.807) is 0 Å². The van der Waals surface area contributed by atoms with Gasteiger partial charge in [-0.3, -0.25) is 0 Å². The molecule has 0 aliphatic carbocycles. The average molecular weight is 301 g/mol. The lowest BCUT2D eigenvalue weighted by Crippen LogP contribution is -2.03. The molecule has 0 radical (unpaired) electrons. The Hall–Kier alpha value is -1.79. The number of hydrogen-bond acceptors (Lipinski definition) is 2. The third kappa shape index (κ3) is 2.72. The van der Waals surface area contributed by atoms with Crippen molar-refractivity contribution in [3.63, 3.8) is 0 Å². The van der Waals surface area contributed by atoms with E-state index in [1.165, 1.54) is 5.56 Å². The number of nitriles is 1. The van der Waals surface area contributed by atoms with E-state index in [1.807, 2.05) is 42.5 Å². The zero-order valence-corrected chi connectivity index (χ0v) is 11.7. The van der Waals surface area contributed by atoms with E-state index in [0.717, 1.165) is 21.3 Å². The van der Waals surface area contributed by atoms with Crippen molar-refractivity contribution >= 4 is 21.6 Å². The fraction of sp³-hybridized carbons (Fsp3) is 0.133. The van der Waals surface area contributed by atoms with E-state index < -0.39 is 0 Å². The quantitative estimate of drug-likeness (QED) is 0.920. The maximum Gasteiger partial charge on any atom is 0.0995 e. The number of nitrogens with one attached hydrogen (secondary N) is 1. The molecule has 2 nitrogen and oxygen atoms in total. The maximum atomic E-state index is 9.03. The van der Waals surface area contributed by atoms with Crippen LogP contribution in [0, 0.1) is 18.3 Å². The summed E-state index contributed by atoms with van der Waals surface area (Å²) in [5.74, 6) is 0. The molecule has 3 heteroatoms. The highest BCUT2D eigenvalue weighted by atomic mass is 79.9. The summed E-state index contributed by atoms with van der Waals surface area (Å²) in [4.78, 5) is 0. The van der Waals surface area contributed by atoms with Crippen LogP contribution in [-0.2, 0) is 6.54 Å². The first-order valence-electron chi connectivity index (χ1n) is 5.69. The van der Waals surface area contributed by atoms with Crippen LogP contribution < -0.4 is 5.32 Å². The summed E-state index contributed by atoms with van der Waals surface area (Å²) in [6.45, 7) is 2.71. The average Bonchev–Trinajstić information content (AvgIpc) is 2.41. The van der Waals surface area contributed by atoms with Crippen LogP contribution in [-0.4, -0.2) is 0 Å². The first-order valence-corrected chi connectivity index (χ1v) is 6.48. The Morgan fingerprint density at radius 2 is 1.94 bits per heavy atom. The monoisotopic (exact) mass is 300 g/mol. The summed E-state index contributed by atoms with van der Waals surface area (Å²) < 4.78 is 1.08. The number of hydrogen-bond donors (Lipinski definition) is 1. The predicted molar refractivity (Wildman–Crippen MR) is 77.4 cm³/mol. The van der Waals surface area contributed by atoms with Crippen molar-refractivity contribution in [2.75, 3.05) is 5.32 Å². The van der Waals surface area contributed by atoms with Crippen molar-refractivity contribution in [3.8, 4) is 6.07 Å². The topological polar surface area (TPSA) is 35.8 Å². The fourth-order valence-corrected chi connectivity index (χ4v) is 2.14. The third-order valence-corrected chi connectivity index (χ3v) is 3.73. The molecule has 0 saturated carbocycles. The van der Waals surface area contributed by atoms with Crippen molar-refractivity contribution in [2.24, 2.45) is 0 Å². The van der Waals surface area contributed by atoms with Gasteiger partial charge in [-0.15, -0.1) is 0 Å². The summed E-state index contributed by atoms with van der Waals surface area (Å²) in [6.07, 6.45) is 0. The van der Waals surface area contributed by atoms with Crippen LogP contribution in [0.4, 0.5) is 5.69 Å². The first-order chi connectivity index (χ1) is 8.72. The molecule has 0 aliphatic rings.